The highest BCUT2D eigenvalue weighted by molar-refractivity contribution is 5.17. The molecule has 15 heavy (non-hydrogen) atoms. The van der Waals surface area contributed by atoms with Crippen molar-refractivity contribution in [2.75, 3.05) is 0 Å². The first-order chi connectivity index (χ1) is 7.38. The average Bonchev–Trinajstić information content (AvgIpc) is 2.68. The third kappa shape index (κ3) is 2.69. The fraction of sp³-hybridized carbons (Fsp3) is 0.583. The van der Waals surface area contributed by atoms with E-state index in [1.54, 1.807) is 6.20 Å². The van der Waals surface area contributed by atoms with Crippen LogP contribution in [0.2, 0.25) is 0 Å². The predicted molar refractivity (Wildman–Crippen MR) is 61.3 cm³/mol. The zero-order valence-electron chi connectivity index (χ0n) is 9.08. The van der Waals surface area contributed by atoms with E-state index < -0.39 is 0 Å². The summed E-state index contributed by atoms with van der Waals surface area (Å²) in [5.74, 6) is 0.891. The molecule has 0 aromatic carbocycles. The molecule has 0 fully saturated rings. The van der Waals surface area contributed by atoms with Gasteiger partial charge in [-0.05, 0) is 31.3 Å². The van der Waals surface area contributed by atoms with Gasteiger partial charge in [0.1, 0.15) is 5.82 Å². The van der Waals surface area contributed by atoms with E-state index in [1.165, 1.54) is 37.7 Å². The summed E-state index contributed by atoms with van der Waals surface area (Å²) in [6.45, 7) is 0. The quantitative estimate of drug-likeness (QED) is 0.729. The molecule has 1 unspecified atom stereocenters. The Morgan fingerprint density at radius 3 is 2.93 bits per heavy atom. The molecule has 0 saturated carbocycles. The summed E-state index contributed by atoms with van der Waals surface area (Å²) >= 11 is 0. The minimum absolute atomic E-state index is 0.0295. The van der Waals surface area contributed by atoms with Crippen LogP contribution in [0.25, 0.3) is 0 Å². The molecule has 0 amide bonds. The molecule has 0 radical (unpaired) electrons. The van der Waals surface area contributed by atoms with Gasteiger partial charge in [-0.25, -0.2) is 4.98 Å². The van der Waals surface area contributed by atoms with E-state index in [0.29, 0.717) is 0 Å². The summed E-state index contributed by atoms with van der Waals surface area (Å²) in [5, 5.41) is 0. The van der Waals surface area contributed by atoms with Crippen LogP contribution >= 0.6 is 0 Å². The third-order valence-electron chi connectivity index (χ3n) is 3.04. The van der Waals surface area contributed by atoms with Crippen LogP contribution in [0.1, 0.15) is 50.4 Å². The van der Waals surface area contributed by atoms with Crippen molar-refractivity contribution in [3.63, 3.8) is 0 Å². The van der Waals surface area contributed by atoms with Crippen molar-refractivity contribution in [2.24, 2.45) is 5.73 Å². The molecule has 1 heterocycles. The van der Waals surface area contributed by atoms with Gasteiger partial charge in [-0.1, -0.05) is 18.9 Å². The topological polar surface area (TPSA) is 54.7 Å². The van der Waals surface area contributed by atoms with Crippen LogP contribution in [0.15, 0.2) is 24.0 Å². The predicted octanol–water partition coefficient (Wildman–Crippen LogP) is 2.69. The second kappa shape index (κ2) is 5.12. The van der Waals surface area contributed by atoms with Crippen molar-refractivity contribution >= 4 is 0 Å². The molecule has 0 aliphatic heterocycles. The van der Waals surface area contributed by atoms with Gasteiger partial charge in [0, 0.05) is 12.4 Å². The number of hydrogen-bond donors (Lipinski definition) is 2. The van der Waals surface area contributed by atoms with Crippen molar-refractivity contribution in [3.05, 3.63) is 29.9 Å². The minimum atomic E-state index is -0.0295. The lowest BCUT2D eigenvalue weighted by atomic mass is 9.95. The van der Waals surface area contributed by atoms with Crippen LogP contribution in [-0.2, 0) is 0 Å². The Balaban J connectivity index is 2.07. The molecule has 3 heteroatoms. The SMILES string of the molecule is NC(/C1=C/CCCCCC1)c1ncc[nH]1. The summed E-state index contributed by atoms with van der Waals surface area (Å²) in [6, 6.07) is -0.0295. The highest BCUT2D eigenvalue weighted by Crippen LogP contribution is 2.24. The first-order valence-electron chi connectivity index (χ1n) is 5.81. The Bertz CT molecular complexity index is 314. The smallest absolute Gasteiger partial charge is 0.127 e. The maximum Gasteiger partial charge on any atom is 0.127 e. The maximum atomic E-state index is 6.17. The summed E-state index contributed by atoms with van der Waals surface area (Å²) in [5.41, 5.74) is 7.52. The van der Waals surface area contributed by atoms with Gasteiger partial charge in [0.25, 0.3) is 0 Å². The molecule has 1 atom stereocenters. The average molecular weight is 205 g/mol. The van der Waals surface area contributed by atoms with E-state index in [-0.39, 0.29) is 6.04 Å². The van der Waals surface area contributed by atoms with Crippen LogP contribution in [0.5, 0.6) is 0 Å². The number of rotatable bonds is 2. The van der Waals surface area contributed by atoms with Gasteiger partial charge >= 0.3 is 0 Å². The molecule has 3 N–H and O–H groups in total. The molecular weight excluding hydrogens is 186 g/mol. The lowest BCUT2D eigenvalue weighted by molar-refractivity contribution is 0.596. The number of nitrogens with two attached hydrogens (primary N) is 1. The second-order valence-electron chi connectivity index (χ2n) is 4.18. The Labute approximate surface area is 90.8 Å². The van der Waals surface area contributed by atoms with Gasteiger partial charge in [-0.15, -0.1) is 0 Å². The number of nitrogens with one attached hydrogen (secondary N) is 1. The number of aromatic amines is 1. The van der Waals surface area contributed by atoms with Crippen LogP contribution in [-0.4, -0.2) is 9.97 Å². The van der Waals surface area contributed by atoms with Crippen LogP contribution in [0.4, 0.5) is 0 Å². The van der Waals surface area contributed by atoms with E-state index in [1.807, 2.05) is 6.20 Å². The Kier molecular flexibility index (Phi) is 3.56. The molecule has 1 aliphatic carbocycles. The van der Waals surface area contributed by atoms with E-state index in [2.05, 4.69) is 16.0 Å². The fourth-order valence-corrected chi connectivity index (χ4v) is 2.12. The molecule has 1 aliphatic rings. The van der Waals surface area contributed by atoms with Gasteiger partial charge in [0.05, 0.1) is 6.04 Å². The van der Waals surface area contributed by atoms with E-state index in [0.717, 1.165) is 12.2 Å². The number of nitrogens with zero attached hydrogens (tertiary/aromatic N) is 1. The van der Waals surface area contributed by atoms with Gasteiger partial charge in [0.15, 0.2) is 0 Å². The normalized spacial score (nSPS) is 23.7. The molecule has 2 rings (SSSR count). The second-order valence-corrected chi connectivity index (χ2v) is 4.18. The molecule has 1 aromatic rings. The lowest BCUT2D eigenvalue weighted by Gasteiger charge is -2.16. The molecule has 82 valence electrons. The zero-order valence-corrected chi connectivity index (χ0v) is 9.08. The van der Waals surface area contributed by atoms with Crippen molar-refractivity contribution < 1.29 is 0 Å². The number of hydrogen-bond acceptors (Lipinski definition) is 2. The summed E-state index contributed by atoms with van der Waals surface area (Å²) in [7, 11) is 0. The van der Waals surface area contributed by atoms with Crippen molar-refractivity contribution in [2.45, 2.75) is 44.6 Å². The maximum absolute atomic E-state index is 6.17. The molecule has 3 nitrogen and oxygen atoms in total. The Hall–Kier alpha value is -1.09. The largest absolute Gasteiger partial charge is 0.347 e. The molecule has 0 bridgehead atoms. The number of aromatic nitrogens is 2. The first-order valence-corrected chi connectivity index (χ1v) is 5.81. The van der Waals surface area contributed by atoms with E-state index in [9.17, 15) is 0 Å². The summed E-state index contributed by atoms with van der Waals surface area (Å²) in [6.07, 6.45) is 13.5. The Morgan fingerprint density at radius 2 is 2.13 bits per heavy atom. The highest BCUT2D eigenvalue weighted by Gasteiger charge is 2.14. The molecular formula is C12H19N3. The van der Waals surface area contributed by atoms with Crippen LogP contribution in [0.3, 0.4) is 0 Å². The van der Waals surface area contributed by atoms with Gasteiger partial charge in [-0.2, -0.15) is 0 Å². The highest BCUT2D eigenvalue weighted by atomic mass is 14.9. The summed E-state index contributed by atoms with van der Waals surface area (Å²) < 4.78 is 0. The van der Waals surface area contributed by atoms with Crippen molar-refractivity contribution in [3.8, 4) is 0 Å². The van der Waals surface area contributed by atoms with E-state index >= 15 is 0 Å². The van der Waals surface area contributed by atoms with E-state index in [4.69, 9.17) is 5.73 Å². The first kappa shape index (κ1) is 10.4. The molecule has 1 aromatic heterocycles. The monoisotopic (exact) mass is 205 g/mol. The van der Waals surface area contributed by atoms with Crippen molar-refractivity contribution in [1.29, 1.82) is 0 Å². The van der Waals surface area contributed by atoms with Crippen LogP contribution in [0, 0.1) is 0 Å². The summed E-state index contributed by atoms with van der Waals surface area (Å²) in [4.78, 5) is 7.32. The van der Waals surface area contributed by atoms with Gasteiger partial charge < -0.3 is 10.7 Å². The number of H-pyrrole nitrogens is 1. The van der Waals surface area contributed by atoms with Gasteiger partial charge in [0.2, 0.25) is 0 Å². The van der Waals surface area contributed by atoms with Crippen LogP contribution < -0.4 is 5.73 Å². The number of allylic oxidation sites excluding steroid dienone is 1. The standard InChI is InChI=1S/C12H19N3/c13-11(12-14-8-9-15-12)10-6-4-2-1-3-5-7-10/h6,8-9,11H,1-5,7,13H2,(H,14,15)/b10-6+. The fourth-order valence-electron chi connectivity index (χ4n) is 2.12. The lowest BCUT2D eigenvalue weighted by Crippen LogP contribution is -2.15. The van der Waals surface area contributed by atoms with Gasteiger partial charge in [-0.3, -0.25) is 0 Å². The zero-order chi connectivity index (χ0) is 10.5. The number of imidazole rings is 1. The minimum Gasteiger partial charge on any atom is -0.347 e. The molecule has 0 saturated heterocycles. The Morgan fingerprint density at radius 1 is 1.27 bits per heavy atom. The van der Waals surface area contributed by atoms with Crippen molar-refractivity contribution in [1.82, 2.24) is 9.97 Å². The third-order valence-corrected chi connectivity index (χ3v) is 3.04. The molecule has 0 spiro atoms.